The second-order valence-corrected chi connectivity index (χ2v) is 4.02. The van der Waals surface area contributed by atoms with Gasteiger partial charge in [-0.05, 0) is 11.6 Å². The lowest BCUT2D eigenvalue weighted by atomic mass is 10.1. The maximum absolute atomic E-state index is 12.0. The number of nitrogens with one attached hydrogen (secondary N) is 1. The number of halogens is 1. The molecule has 20 heavy (non-hydrogen) atoms. The molecule has 4 nitrogen and oxygen atoms in total. The number of rotatable bonds is 4. The summed E-state index contributed by atoms with van der Waals surface area (Å²) in [5, 5.41) is 7.44. The quantitative estimate of drug-likeness (QED) is 0.516. The highest BCUT2D eigenvalue weighted by Crippen LogP contribution is 2.11. The van der Waals surface area contributed by atoms with Crippen LogP contribution in [0.1, 0.15) is 21.5 Å². The van der Waals surface area contributed by atoms with Crippen LogP contribution in [0.15, 0.2) is 54.6 Å². The van der Waals surface area contributed by atoms with E-state index in [4.69, 9.17) is 15.9 Å². The Balaban J connectivity index is 0.00000200. The molecule has 0 heterocycles. The Bertz CT molecular complexity index is 600. The van der Waals surface area contributed by atoms with Crippen LogP contribution in [-0.2, 0) is 11.3 Å². The lowest BCUT2D eigenvalue weighted by molar-refractivity contribution is 0.0472. The molecule has 0 aliphatic carbocycles. The van der Waals surface area contributed by atoms with Gasteiger partial charge in [-0.3, -0.25) is 5.41 Å². The van der Waals surface area contributed by atoms with E-state index < -0.39 is 5.97 Å². The summed E-state index contributed by atoms with van der Waals surface area (Å²) in [4.78, 5) is 12.0. The summed E-state index contributed by atoms with van der Waals surface area (Å²) < 4.78 is 5.21. The summed E-state index contributed by atoms with van der Waals surface area (Å²) in [5.74, 6) is -0.623. The van der Waals surface area contributed by atoms with Crippen molar-refractivity contribution in [2.75, 3.05) is 0 Å². The van der Waals surface area contributed by atoms with E-state index in [-0.39, 0.29) is 24.8 Å². The van der Waals surface area contributed by atoms with E-state index >= 15 is 0 Å². The molecule has 0 fully saturated rings. The van der Waals surface area contributed by atoms with Gasteiger partial charge in [0.15, 0.2) is 0 Å². The van der Waals surface area contributed by atoms with Crippen molar-refractivity contribution in [3.8, 4) is 0 Å². The largest absolute Gasteiger partial charge is 0.457 e. The summed E-state index contributed by atoms with van der Waals surface area (Å²) in [6.45, 7) is 0.200. The number of ether oxygens (including phenoxy) is 1. The van der Waals surface area contributed by atoms with Crippen LogP contribution < -0.4 is 5.73 Å². The number of amidine groups is 1. The fourth-order valence-electron chi connectivity index (χ4n) is 1.70. The van der Waals surface area contributed by atoms with E-state index in [0.717, 1.165) is 5.56 Å². The van der Waals surface area contributed by atoms with E-state index in [0.29, 0.717) is 11.1 Å². The van der Waals surface area contributed by atoms with E-state index in [2.05, 4.69) is 0 Å². The molecule has 3 N–H and O–H groups in total. The van der Waals surface area contributed by atoms with Crippen LogP contribution in [-0.4, -0.2) is 11.8 Å². The maximum Gasteiger partial charge on any atom is 0.339 e. The van der Waals surface area contributed by atoms with Crippen LogP contribution in [0.3, 0.4) is 0 Å². The average molecular weight is 291 g/mol. The van der Waals surface area contributed by atoms with Crippen LogP contribution >= 0.6 is 12.4 Å². The first-order valence-corrected chi connectivity index (χ1v) is 5.83. The molecule has 0 bridgehead atoms. The normalized spacial score (nSPS) is 9.40. The van der Waals surface area contributed by atoms with Crippen molar-refractivity contribution in [2.45, 2.75) is 6.61 Å². The standard InChI is InChI=1S/C15H14N2O2.ClH/c16-14(17)12-8-4-5-9-13(12)15(18)19-10-11-6-2-1-3-7-11;/h1-9H,10H2,(H3,16,17);1H. The Morgan fingerprint density at radius 2 is 1.55 bits per heavy atom. The molecule has 2 rings (SSSR count). The van der Waals surface area contributed by atoms with Gasteiger partial charge in [0.1, 0.15) is 12.4 Å². The van der Waals surface area contributed by atoms with Gasteiger partial charge in [0.25, 0.3) is 0 Å². The highest BCUT2D eigenvalue weighted by atomic mass is 35.5. The van der Waals surface area contributed by atoms with Gasteiger partial charge in [-0.2, -0.15) is 0 Å². The predicted molar refractivity (Wildman–Crippen MR) is 80.3 cm³/mol. The minimum Gasteiger partial charge on any atom is -0.457 e. The van der Waals surface area contributed by atoms with E-state index in [1.807, 2.05) is 30.3 Å². The smallest absolute Gasteiger partial charge is 0.339 e. The molecule has 0 saturated carbocycles. The first-order valence-electron chi connectivity index (χ1n) is 5.83. The number of carbonyl (C=O) groups is 1. The van der Waals surface area contributed by atoms with E-state index in [1.54, 1.807) is 24.3 Å². The number of carbonyl (C=O) groups excluding carboxylic acids is 1. The summed E-state index contributed by atoms with van der Waals surface area (Å²) in [5.41, 5.74) is 7.05. The van der Waals surface area contributed by atoms with Gasteiger partial charge in [-0.15, -0.1) is 12.4 Å². The molecule has 0 aliphatic rings. The average Bonchev–Trinajstić information content (AvgIpc) is 2.46. The first-order chi connectivity index (χ1) is 9.18. The second kappa shape index (κ2) is 7.31. The lowest BCUT2D eigenvalue weighted by Crippen LogP contribution is -2.17. The maximum atomic E-state index is 12.0. The summed E-state index contributed by atoms with van der Waals surface area (Å²) in [6, 6.07) is 16.1. The minimum absolute atomic E-state index is 0. The Morgan fingerprint density at radius 3 is 2.15 bits per heavy atom. The fourth-order valence-corrected chi connectivity index (χ4v) is 1.70. The molecule has 0 unspecified atom stereocenters. The zero-order valence-electron chi connectivity index (χ0n) is 10.7. The van der Waals surface area contributed by atoms with Crippen molar-refractivity contribution in [3.63, 3.8) is 0 Å². The zero-order chi connectivity index (χ0) is 13.7. The summed E-state index contributed by atoms with van der Waals surface area (Å²) >= 11 is 0. The molecule has 2 aromatic carbocycles. The molecule has 0 radical (unpaired) electrons. The van der Waals surface area contributed by atoms with Gasteiger partial charge in [0.2, 0.25) is 0 Å². The van der Waals surface area contributed by atoms with Crippen molar-refractivity contribution in [3.05, 3.63) is 71.3 Å². The third kappa shape index (κ3) is 3.83. The Labute approximate surface area is 123 Å². The Morgan fingerprint density at radius 1 is 1.00 bits per heavy atom. The third-order valence-corrected chi connectivity index (χ3v) is 2.65. The van der Waals surface area contributed by atoms with Crippen molar-refractivity contribution in [1.82, 2.24) is 0 Å². The molecule has 0 amide bonds. The van der Waals surface area contributed by atoms with Crippen LogP contribution in [0.5, 0.6) is 0 Å². The number of nitrogens with two attached hydrogens (primary N) is 1. The van der Waals surface area contributed by atoms with Gasteiger partial charge < -0.3 is 10.5 Å². The van der Waals surface area contributed by atoms with E-state index in [1.165, 1.54) is 0 Å². The summed E-state index contributed by atoms with van der Waals surface area (Å²) in [7, 11) is 0. The predicted octanol–water partition coefficient (Wildman–Crippen LogP) is 2.75. The molecular formula is C15H15ClN2O2. The zero-order valence-corrected chi connectivity index (χ0v) is 11.5. The van der Waals surface area contributed by atoms with Crippen molar-refractivity contribution >= 4 is 24.2 Å². The molecule has 0 atom stereocenters. The highest BCUT2D eigenvalue weighted by Gasteiger charge is 2.13. The van der Waals surface area contributed by atoms with E-state index in [9.17, 15) is 4.79 Å². The second-order valence-electron chi connectivity index (χ2n) is 4.02. The monoisotopic (exact) mass is 290 g/mol. The fraction of sp³-hybridized carbons (Fsp3) is 0.0667. The lowest BCUT2D eigenvalue weighted by Gasteiger charge is -2.08. The van der Waals surface area contributed by atoms with Crippen molar-refractivity contribution < 1.29 is 9.53 Å². The van der Waals surface area contributed by atoms with Crippen molar-refractivity contribution in [2.24, 2.45) is 5.73 Å². The van der Waals surface area contributed by atoms with Crippen LogP contribution in [0, 0.1) is 5.41 Å². The number of nitrogen functional groups attached to an aromatic ring is 1. The minimum atomic E-state index is -0.477. The number of hydrogen-bond acceptors (Lipinski definition) is 3. The summed E-state index contributed by atoms with van der Waals surface area (Å²) in [6.07, 6.45) is 0. The van der Waals surface area contributed by atoms with Gasteiger partial charge in [-0.25, -0.2) is 4.79 Å². The third-order valence-electron chi connectivity index (χ3n) is 2.65. The molecular weight excluding hydrogens is 276 g/mol. The Hall–Kier alpha value is -2.33. The molecule has 0 aromatic heterocycles. The number of esters is 1. The van der Waals surface area contributed by atoms with Gasteiger partial charge in [-0.1, -0.05) is 48.5 Å². The number of hydrogen-bond donors (Lipinski definition) is 2. The molecule has 104 valence electrons. The van der Waals surface area contributed by atoms with Crippen LogP contribution in [0.4, 0.5) is 0 Å². The molecule has 0 spiro atoms. The molecule has 0 aliphatic heterocycles. The Kier molecular flexibility index (Phi) is 5.74. The SMILES string of the molecule is Cl.N=C(N)c1ccccc1C(=O)OCc1ccccc1. The topological polar surface area (TPSA) is 76.2 Å². The molecule has 0 saturated heterocycles. The van der Waals surface area contributed by atoms with Crippen molar-refractivity contribution in [1.29, 1.82) is 5.41 Å². The van der Waals surface area contributed by atoms with Crippen LogP contribution in [0.25, 0.3) is 0 Å². The molecule has 5 heteroatoms. The van der Waals surface area contributed by atoms with Gasteiger partial charge in [0, 0.05) is 5.56 Å². The highest BCUT2D eigenvalue weighted by molar-refractivity contribution is 6.05. The number of benzene rings is 2. The first kappa shape index (κ1) is 15.7. The van der Waals surface area contributed by atoms with Gasteiger partial charge >= 0.3 is 5.97 Å². The van der Waals surface area contributed by atoms with Crippen LogP contribution in [0.2, 0.25) is 0 Å². The van der Waals surface area contributed by atoms with Gasteiger partial charge in [0.05, 0.1) is 5.56 Å². The molecule has 2 aromatic rings.